The molecule has 2 aromatic rings. The molecule has 0 saturated carbocycles. The van der Waals surface area contributed by atoms with Crippen LogP contribution >= 0.6 is 22.6 Å². The number of ether oxygens (including phenoxy) is 1. The minimum atomic E-state index is -0.600. The van der Waals surface area contributed by atoms with Crippen molar-refractivity contribution in [3.8, 4) is 11.5 Å². The molecule has 108 valence electrons. The second-order valence-electron chi connectivity index (χ2n) is 4.59. The van der Waals surface area contributed by atoms with Crippen molar-refractivity contribution in [1.29, 1.82) is 0 Å². The average molecular weight is 390 g/mol. The standard InChI is InChI=1S/C11H15IN6O2/c1-6(2)11(19)20-7(3)18-15-10(14-16-18)9-8(12)5-13-17(9)4/h5-7H,1-4H3/t7-/m0/s1. The molecule has 1 atom stereocenters. The molecule has 20 heavy (non-hydrogen) atoms. The summed E-state index contributed by atoms with van der Waals surface area (Å²) in [6.45, 7) is 5.24. The number of tetrazole rings is 1. The van der Waals surface area contributed by atoms with Crippen LogP contribution in [0.15, 0.2) is 6.20 Å². The lowest BCUT2D eigenvalue weighted by atomic mass is 10.2. The summed E-state index contributed by atoms with van der Waals surface area (Å²) in [7, 11) is 1.81. The fourth-order valence-corrected chi connectivity index (χ4v) is 2.20. The smallest absolute Gasteiger partial charge is 0.310 e. The van der Waals surface area contributed by atoms with Gasteiger partial charge in [-0.05, 0) is 34.7 Å². The number of hydrogen-bond donors (Lipinski definition) is 0. The lowest BCUT2D eigenvalue weighted by Gasteiger charge is -2.12. The van der Waals surface area contributed by atoms with E-state index in [0.717, 1.165) is 9.26 Å². The summed E-state index contributed by atoms with van der Waals surface area (Å²) in [4.78, 5) is 12.8. The molecule has 0 N–H and O–H groups in total. The molecule has 0 unspecified atom stereocenters. The Morgan fingerprint density at radius 2 is 2.10 bits per heavy atom. The molecule has 0 fully saturated rings. The molecule has 8 nitrogen and oxygen atoms in total. The Bertz CT molecular complexity index is 601. The quantitative estimate of drug-likeness (QED) is 0.579. The third-order valence-electron chi connectivity index (χ3n) is 2.62. The van der Waals surface area contributed by atoms with Crippen LogP contribution in [0.4, 0.5) is 0 Å². The number of aryl methyl sites for hydroxylation is 1. The van der Waals surface area contributed by atoms with Gasteiger partial charge in [0.25, 0.3) is 0 Å². The van der Waals surface area contributed by atoms with Gasteiger partial charge in [0.05, 0.1) is 15.7 Å². The number of carbonyl (C=O) groups excluding carboxylic acids is 1. The van der Waals surface area contributed by atoms with Gasteiger partial charge in [-0.25, -0.2) is 0 Å². The Balaban J connectivity index is 2.19. The number of rotatable bonds is 4. The molecule has 2 heterocycles. The first kappa shape index (κ1) is 14.9. The maximum Gasteiger partial charge on any atom is 0.310 e. The predicted molar refractivity (Wildman–Crippen MR) is 78.4 cm³/mol. The Hall–Kier alpha value is -1.52. The number of carbonyl (C=O) groups is 1. The molecular weight excluding hydrogens is 375 g/mol. The van der Waals surface area contributed by atoms with E-state index in [1.54, 1.807) is 38.7 Å². The van der Waals surface area contributed by atoms with E-state index >= 15 is 0 Å². The van der Waals surface area contributed by atoms with Gasteiger partial charge < -0.3 is 4.74 Å². The molecular formula is C11H15IN6O2. The molecule has 0 amide bonds. The zero-order chi connectivity index (χ0) is 14.9. The van der Waals surface area contributed by atoms with Crippen molar-refractivity contribution < 1.29 is 9.53 Å². The maximum atomic E-state index is 11.5. The van der Waals surface area contributed by atoms with Crippen molar-refractivity contribution in [1.82, 2.24) is 30.0 Å². The lowest BCUT2D eigenvalue weighted by Crippen LogP contribution is -2.20. The summed E-state index contributed by atoms with van der Waals surface area (Å²) in [5, 5.41) is 16.3. The van der Waals surface area contributed by atoms with Crippen molar-refractivity contribution >= 4 is 28.6 Å². The van der Waals surface area contributed by atoms with Crippen LogP contribution in [0.25, 0.3) is 11.5 Å². The molecule has 2 rings (SSSR count). The van der Waals surface area contributed by atoms with Crippen molar-refractivity contribution in [3.05, 3.63) is 9.77 Å². The Kier molecular flexibility index (Phi) is 4.35. The fourth-order valence-electron chi connectivity index (χ4n) is 1.49. The largest absolute Gasteiger partial charge is 0.438 e. The van der Waals surface area contributed by atoms with Crippen LogP contribution in [0.5, 0.6) is 0 Å². The van der Waals surface area contributed by atoms with Crippen molar-refractivity contribution in [2.45, 2.75) is 27.0 Å². The highest BCUT2D eigenvalue weighted by Gasteiger charge is 2.19. The maximum absolute atomic E-state index is 11.5. The van der Waals surface area contributed by atoms with E-state index in [2.05, 4.69) is 43.1 Å². The second kappa shape index (κ2) is 5.85. The third-order valence-corrected chi connectivity index (χ3v) is 3.41. The summed E-state index contributed by atoms with van der Waals surface area (Å²) < 4.78 is 7.83. The molecule has 0 spiro atoms. The lowest BCUT2D eigenvalue weighted by molar-refractivity contribution is -0.158. The molecule has 2 aromatic heterocycles. The Morgan fingerprint density at radius 3 is 2.65 bits per heavy atom. The molecule has 0 aliphatic heterocycles. The first-order valence-electron chi connectivity index (χ1n) is 6.08. The monoisotopic (exact) mass is 390 g/mol. The van der Waals surface area contributed by atoms with Crippen LogP contribution in [-0.4, -0.2) is 36.0 Å². The molecule has 0 aliphatic rings. The van der Waals surface area contributed by atoms with Gasteiger partial charge in [-0.2, -0.15) is 5.10 Å². The summed E-state index contributed by atoms with van der Waals surface area (Å²) in [6, 6.07) is 0. The highest BCUT2D eigenvalue weighted by Crippen LogP contribution is 2.20. The van der Waals surface area contributed by atoms with Gasteiger partial charge in [-0.3, -0.25) is 9.48 Å². The summed E-state index contributed by atoms with van der Waals surface area (Å²) in [5.41, 5.74) is 0.777. The molecule has 0 bridgehead atoms. The van der Waals surface area contributed by atoms with Crippen LogP contribution < -0.4 is 0 Å². The third kappa shape index (κ3) is 2.97. The minimum Gasteiger partial charge on any atom is -0.438 e. The van der Waals surface area contributed by atoms with Gasteiger partial charge in [0, 0.05) is 7.05 Å². The Labute approximate surface area is 129 Å². The fraction of sp³-hybridized carbons (Fsp3) is 0.545. The van der Waals surface area contributed by atoms with Crippen LogP contribution in [-0.2, 0) is 16.6 Å². The van der Waals surface area contributed by atoms with Crippen molar-refractivity contribution in [2.75, 3.05) is 0 Å². The first-order valence-corrected chi connectivity index (χ1v) is 7.16. The molecule has 0 radical (unpaired) electrons. The summed E-state index contributed by atoms with van der Waals surface area (Å²) in [5.74, 6) is -0.0493. The topological polar surface area (TPSA) is 87.7 Å². The number of esters is 1. The van der Waals surface area contributed by atoms with Gasteiger partial charge >= 0.3 is 5.97 Å². The number of hydrogen-bond acceptors (Lipinski definition) is 6. The first-order chi connectivity index (χ1) is 9.40. The minimum absolute atomic E-state index is 0.196. The van der Waals surface area contributed by atoms with Gasteiger partial charge in [-0.1, -0.05) is 13.8 Å². The highest BCUT2D eigenvalue weighted by atomic mass is 127. The van der Waals surface area contributed by atoms with Gasteiger partial charge in [0.2, 0.25) is 12.1 Å². The van der Waals surface area contributed by atoms with Crippen molar-refractivity contribution in [2.24, 2.45) is 13.0 Å². The van der Waals surface area contributed by atoms with E-state index in [-0.39, 0.29) is 11.9 Å². The molecule has 0 aromatic carbocycles. The van der Waals surface area contributed by atoms with Crippen LogP contribution in [0.2, 0.25) is 0 Å². The van der Waals surface area contributed by atoms with E-state index in [9.17, 15) is 4.79 Å². The normalized spacial score (nSPS) is 12.7. The average Bonchev–Trinajstić information content (AvgIpc) is 2.96. The summed E-state index contributed by atoms with van der Waals surface area (Å²) in [6.07, 6.45) is 1.12. The highest BCUT2D eigenvalue weighted by molar-refractivity contribution is 14.1. The van der Waals surface area contributed by atoms with E-state index in [1.807, 2.05) is 0 Å². The van der Waals surface area contributed by atoms with Crippen LogP contribution in [0.3, 0.4) is 0 Å². The Morgan fingerprint density at radius 1 is 1.40 bits per heavy atom. The van der Waals surface area contributed by atoms with E-state index in [4.69, 9.17) is 4.74 Å². The predicted octanol–water partition coefficient (Wildman–Crippen LogP) is 1.40. The van der Waals surface area contributed by atoms with E-state index < -0.39 is 6.23 Å². The molecule has 0 saturated heterocycles. The van der Waals surface area contributed by atoms with Crippen molar-refractivity contribution in [3.63, 3.8) is 0 Å². The second-order valence-corrected chi connectivity index (χ2v) is 5.75. The molecule has 9 heteroatoms. The van der Waals surface area contributed by atoms with Crippen LogP contribution in [0.1, 0.15) is 27.0 Å². The van der Waals surface area contributed by atoms with Crippen LogP contribution in [0, 0.1) is 9.49 Å². The van der Waals surface area contributed by atoms with Gasteiger partial charge in [-0.15, -0.1) is 15.0 Å². The SMILES string of the molecule is CC(C)C(=O)O[C@@H](C)n1nnc(-c2c(I)cnn2C)n1. The number of halogens is 1. The van der Waals surface area contributed by atoms with Gasteiger partial charge in [0.15, 0.2) is 0 Å². The van der Waals surface area contributed by atoms with E-state index in [0.29, 0.717) is 5.82 Å². The number of nitrogens with zero attached hydrogens (tertiary/aromatic N) is 6. The zero-order valence-corrected chi connectivity index (χ0v) is 13.8. The summed E-state index contributed by atoms with van der Waals surface area (Å²) >= 11 is 2.15. The zero-order valence-electron chi connectivity index (χ0n) is 11.6. The molecule has 0 aliphatic carbocycles. The van der Waals surface area contributed by atoms with E-state index in [1.165, 1.54) is 4.80 Å². The van der Waals surface area contributed by atoms with Gasteiger partial charge in [0.1, 0.15) is 5.69 Å². The number of aromatic nitrogens is 6.